The van der Waals surface area contributed by atoms with Crippen LogP contribution in [0.1, 0.15) is 52.5 Å². The SMILES string of the molecule is CCOc1cccc(CNC2C3(C)CCC(C3)C2(C)C)c1. The van der Waals surface area contributed by atoms with Crippen molar-refractivity contribution >= 4 is 0 Å². The highest BCUT2D eigenvalue weighted by molar-refractivity contribution is 5.28. The van der Waals surface area contributed by atoms with Gasteiger partial charge < -0.3 is 10.1 Å². The van der Waals surface area contributed by atoms with Crippen LogP contribution in [0.4, 0.5) is 0 Å². The van der Waals surface area contributed by atoms with Gasteiger partial charge in [0.1, 0.15) is 5.75 Å². The van der Waals surface area contributed by atoms with E-state index in [0.29, 0.717) is 16.9 Å². The third-order valence-corrected chi connectivity index (χ3v) is 5.99. The Bertz CT molecular complexity index is 505. The van der Waals surface area contributed by atoms with Crippen molar-refractivity contribution in [3.05, 3.63) is 29.8 Å². The predicted molar refractivity (Wildman–Crippen MR) is 87.5 cm³/mol. The van der Waals surface area contributed by atoms with Gasteiger partial charge in [-0.1, -0.05) is 32.9 Å². The van der Waals surface area contributed by atoms with Gasteiger partial charge in [-0.25, -0.2) is 0 Å². The molecule has 0 aromatic heterocycles. The highest BCUT2D eigenvalue weighted by atomic mass is 16.5. The Labute approximate surface area is 129 Å². The van der Waals surface area contributed by atoms with Crippen molar-refractivity contribution in [1.82, 2.24) is 5.32 Å². The largest absolute Gasteiger partial charge is 0.494 e. The molecule has 3 unspecified atom stereocenters. The molecule has 0 heterocycles. The van der Waals surface area contributed by atoms with Gasteiger partial charge in [0.25, 0.3) is 0 Å². The molecule has 2 aliphatic rings. The number of ether oxygens (including phenoxy) is 1. The van der Waals surface area contributed by atoms with E-state index >= 15 is 0 Å². The summed E-state index contributed by atoms with van der Waals surface area (Å²) in [5.41, 5.74) is 2.24. The standard InChI is InChI=1S/C19H29NO/c1-5-21-16-8-6-7-14(11-16)13-20-17-18(2,3)15-9-10-19(17,4)12-15/h6-8,11,15,17,20H,5,9-10,12-13H2,1-4H3. The molecule has 3 atom stereocenters. The number of benzene rings is 1. The predicted octanol–water partition coefficient (Wildman–Crippen LogP) is 4.39. The number of hydrogen-bond acceptors (Lipinski definition) is 2. The van der Waals surface area contributed by atoms with Gasteiger partial charge in [0, 0.05) is 12.6 Å². The van der Waals surface area contributed by atoms with Crippen molar-refractivity contribution in [2.75, 3.05) is 6.61 Å². The molecule has 2 heteroatoms. The van der Waals surface area contributed by atoms with E-state index in [-0.39, 0.29) is 0 Å². The molecule has 1 N–H and O–H groups in total. The quantitative estimate of drug-likeness (QED) is 0.867. The van der Waals surface area contributed by atoms with E-state index in [9.17, 15) is 0 Å². The van der Waals surface area contributed by atoms with Crippen LogP contribution in [0.5, 0.6) is 5.75 Å². The van der Waals surface area contributed by atoms with Crippen LogP contribution in [-0.4, -0.2) is 12.6 Å². The summed E-state index contributed by atoms with van der Waals surface area (Å²) in [6.07, 6.45) is 4.20. The van der Waals surface area contributed by atoms with Gasteiger partial charge in [0.15, 0.2) is 0 Å². The lowest BCUT2D eigenvalue weighted by Gasteiger charge is -2.43. The van der Waals surface area contributed by atoms with Crippen molar-refractivity contribution in [3.63, 3.8) is 0 Å². The minimum Gasteiger partial charge on any atom is -0.494 e. The van der Waals surface area contributed by atoms with E-state index in [1.165, 1.54) is 24.8 Å². The lowest BCUT2D eigenvalue weighted by Crippen LogP contribution is -2.49. The van der Waals surface area contributed by atoms with Crippen LogP contribution in [0.25, 0.3) is 0 Å². The molecule has 2 bridgehead atoms. The van der Waals surface area contributed by atoms with Crippen molar-refractivity contribution in [1.29, 1.82) is 0 Å². The fourth-order valence-electron chi connectivity index (χ4n) is 4.94. The molecule has 3 rings (SSSR count). The molecule has 0 aliphatic heterocycles. The molecule has 21 heavy (non-hydrogen) atoms. The second-order valence-electron chi connectivity index (χ2n) is 7.81. The zero-order chi connectivity index (χ0) is 15.1. The Morgan fingerprint density at radius 2 is 2.10 bits per heavy atom. The number of hydrogen-bond donors (Lipinski definition) is 1. The van der Waals surface area contributed by atoms with Gasteiger partial charge in [-0.05, 0) is 60.6 Å². The van der Waals surface area contributed by atoms with Crippen molar-refractivity contribution in [2.24, 2.45) is 16.7 Å². The van der Waals surface area contributed by atoms with Crippen LogP contribution in [0.3, 0.4) is 0 Å². The molecule has 2 aliphatic carbocycles. The first-order valence-corrected chi connectivity index (χ1v) is 8.41. The van der Waals surface area contributed by atoms with Gasteiger partial charge in [0.05, 0.1) is 6.61 Å². The van der Waals surface area contributed by atoms with Crippen LogP contribution in [0, 0.1) is 16.7 Å². The molecule has 1 aromatic carbocycles. The lowest BCUT2D eigenvalue weighted by atomic mass is 9.68. The zero-order valence-corrected chi connectivity index (χ0v) is 13.9. The maximum atomic E-state index is 5.60. The van der Waals surface area contributed by atoms with E-state index < -0.39 is 0 Å². The van der Waals surface area contributed by atoms with E-state index in [0.717, 1.165) is 24.8 Å². The number of nitrogens with one attached hydrogen (secondary N) is 1. The summed E-state index contributed by atoms with van der Waals surface area (Å²) in [7, 11) is 0. The van der Waals surface area contributed by atoms with Gasteiger partial charge in [-0.2, -0.15) is 0 Å². The molecule has 0 saturated heterocycles. The third kappa shape index (κ3) is 2.59. The Hall–Kier alpha value is -1.02. The third-order valence-electron chi connectivity index (χ3n) is 5.99. The highest BCUT2D eigenvalue weighted by Gasteiger charge is 2.58. The summed E-state index contributed by atoms with van der Waals surface area (Å²) in [5, 5.41) is 3.87. The number of fused-ring (bicyclic) bond motifs is 2. The normalized spacial score (nSPS) is 33.3. The molecule has 0 amide bonds. The minimum absolute atomic E-state index is 0.421. The molecular weight excluding hydrogens is 258 g/mol. The van der Waals surface area contributed by atoms with E-state index in [4.69, 9.17) is 4.74 Å². The van der Waals surface area contributed by atoms with Crippen LogP contribution in [0.15, 0.2) is 24.3 Å². The second-order valence-corrected chi connectivity index (χ2v) is 7.81. The average molecular weight is 287 g/mol. The molecule has 0 radical (unpaired) electrons. The first-order valence-electron chi connectivity index (χ1n) is 8.41. The maximum absolute atomic E-state index is 5.60. The Morgan fingerprint density at radius 1 is 1.29 bits per heavy atom. The molecule has 1 aromatic rings. The van der Waals surface area contributed by atoms with Crippen molar-refractivity contribution in [3.8, 4) is 5.75 Å². The Balaban J connectivity index is 1.69. The first kappa shape index (κ1) is 14.9. The van der Waals surface area contributed by atoms with Crippen LogP contribution < -0.4 is 10.1 Å². The smallest absolute Gasteiger partial charge is 0.119 e. The molecule has 116 valence electrons. The van der Waals surface area contributed by atoms with E-state index in [1.807, 2.05) is 13.0 Å². The van der Waals surface area contributed by atoms with Crippen LogP contribution in [0.2, 0.25) is 0 Å². The highest BCUT2D eigenvalue weighted by Crippen LogP contribution is 2.62. The summed E-state index contributed by atoms with van der Waals surface area (Å²) in [6, 6.07) is 9.11. The van der Waals surface area contributed by atoms with E-state index in [2.05, 4.69) is 44.3 Å². The molecule has 2 nitrogen and oxygen atoms in total. The van der Waals surface area contributed by atoms with E-state index in [1.54, 1.807) is 0 Å². The van der Waals surface area contributed by atoms with Gasteiger partial charge >= 0.3 is 0 Å². The molecule has 0 spiro atoms. The summed E-state index contributed by atoms with van der Waals surface area (Å²) in [4.78, 5) is 0. The number of rotatable bonds is 5. The lowest BCUT2D eigenvalue weighted by molar-refractivity contribution is 0.108. The topological polar surface area (TPSA) is 21.3 Å². The van der Waals surface area contributed by atoms with Crippen LogP contribution in [-0.2, 0) is 6.54 Å². The zero-order valence-electron chi connectivity index (χ0n) is 13.9. The average Bonchev–Trinajstić information content (AvgIpc) is 2.90. The van der Waals surface area contributed by atoms with Gasteiger partial charge in [-0.15, -0.1) is 0 Å². The van der Waals surface area contributed by atoms with Crippen molar-refractivity contribution < 1.29 is 4.74 Å². The van der Waals surface area contributed by atoms with Crippen LogP contribution >= 0.6 is 0 Å². The molecular formula is C19H29NO. The maximum Gasteiger partial charge on any atom is 0.119 e. The Morgan fingerprint density at radius 3 is 2.76 bits per heavy atom. The molecule has 2 saturated carbocycles. The monoisotopic (exact) mass is 287 g/mol. The fourth-order valence-corrected chi connectivity index (χ4v) is 4.94. The van der Waals surface area contributed by atoms with Crippen molar-refractivity contribution in [2.45, 2.75) is 59.5 Å². The first-order chi connectivity index (χ1) is 9.95. The molecule has 2 fully saturated rings. The van der Waals surface area contributed by atoms with Gasteiger partial charge in [-0.3, -0.25) is 0 Å². The summed E-state index contributed by atoms with van der Waals surface area (Å²) in [5.74, 6) is 1.88. The summed E-state index contributed by atoms with van der Waals surface area (Å²) in [6.45, 7) is 11.1. The summed E-state index contributed by atoms with van der Waals surface area (Å²) >= 11 is 0. The summed E-state index contributed by atoms with van der Waals surface area (Å²) < 4.78 is 5.60. The fraction of sp³-hybridized carbons (Fsp3) is 0.684. The minimum atomic E-state index is 0.421. The Kier molecular flexibility index (Phi) is 3.77. The second kappa shape index (κ2) is 5.31. The van der Waals surface area contributed by atoms with Gasteiger partial charge in [0.2, 0.25) is 0 Å².